The molecule has 0 aliphatic rings. The van der Waals surface area contributed by atoms with Crippen LogP contribution in [0.5, 0.6) is 0 Å². The number of carbonyl (C=O) groups is 1. The lowest BCUT2D eigenvalue weighted by Gasteiger charge is -2.01. The Hall–Kier alpha value is -3.65. The summed E-state index contributed by atoms with van der Waals surface area (Å²) in [6.45, 7) is -0.565. The number of esters is 1. The van der Waals surface area contributed by atoms with E-state index in [0.29, 0.717) is 16.3 Å². The van der Waals surface area contributed by atoms with Gasteiger partial charge in [0.05, 0.1) is 6.20 Å². The van der Waals surface area contributed by atoms with Gasteiger partial charge in [0.2, 0.25) is 11.8 Å². The van der Waals surface area contributed by atoms with Crippen molar-refractivity contribution in [3.63, 3.8) is 0 Å². The fourth-order valence-corrected chi connectivity index (χ4v) is 2.66. The molecule has 2 aromatic carbocycles. The zero-order valence-corrected chi connectivity index (χ0v) is 15.7. The molecule has 0 bridgehead atoms. The first-order chi connectivity index (χ1) is 14.1. The van der Waals surface area contributed by atoms with Gasteiger partial charge in [0, 0.05) is 16.1 Å². The van der Waals surface area contributed by atoms with Gasteiger partial charge in [-0.1, -0.05) is 29.8 Å². The van der Waals surface area contributed by atoms with Gasteiger partial charge >= 0.3 is 11.7 Å². The quantitative estimate of drug-likeness (QED) is 0.447. The van der Waals surface area contributed by atoms with Crippen molar-refractivity contribution in [2.75, 3.05) is 0 Å². The van der Waals surface area contributed by atoms with Crippen molar-refractivity contribution in [3.8, 4) is 22.8 Å². The smallest absolute Gasteiger partial charge is 0.437 e. The molecule has 2 heterocycles. The van der Waals surface area contributed by atoms with Gasteiger partial charge in [0.25, 0.3) is 0 Å². The highest BCUT2D eigenvalue weighted by Crippen LogP contribution is 2.22. The van der Waals surface area contributed by atoms with E-state index in [2.05, 4.69) is 10.1 Å². The molecular formula is C20H14ClN3O5. The molecule has 0 unspecified atom stereocenters. The van der Waals surface area contributed by atoms with Gasteiger partial charge in [-0.3, -0.25) is 4.79 Å². The van der Waals surface area contributed by atoms with Gasteiger partial charge in [-0.05, 0) is 36.4 Å². The number of aromatic nitrogens is 3. The van der Waals surface area contributed by atoms with Crippen LogP contribution < -0.4 is 5.76 Å². The normalized spacial score (nSPS) is 10.8. The van der Waals surface area contributed by atoms with Crippen LogP contribution in [0, 0.1) is 0 Å². The first-order valence-corrected chi connectivity index (χ1v) is 8.96. The first-order valence-electron chi connectivity index (χ1n) is 8.58. The number of oxazole rings is 1. The summed E-state index contributed by atoms with van der Waals surface area (Å²) in [4.78, 5) is 28.0. The standard InChI is InChI=1S/C20H14ClN3O5/c21-15-8-6-13(7-9-15)16-10-22-17(28-16)12-27-18(25)11-24-20(26)29-19(23-24)14-4-2-1-3-5-14/h1-10H,11-12H2. The van der Waals surface area contributed by atoms with Gasteiger partial charge in [-0.25, -0.2) is 9.78 Å². The van der Waals surface area contributed by atoms with Crippen LogP contribution in [0.15, 0.2) is 74.4 Å². The second-order valence-electron chi connectivity index (χ2n) is 5.98. The van der Waals surface area contributed by atoms with Crippen molar-refractivity contribution in [1.29, 1.82) is 0 Å². The minimum atomic E-state index is -0.748. The molecule has 0 saturated heterocycles. The highest BCUT2D eigenvalue weighted by atomic mass is 35.5. The monoisotopic (exact) mass is 411 g/mol. The summed E-state index contributed by atoms with van der Waals surface area (Å²) in [5, 5.41) is 4.62. The minimum Gasteiger partial charge on any atom is -0.454 e. The zero-order valence-electron chi connectivity index (χ0n) is 14.9. The number of benzene rings is 2. The predicted octanol–water partition coefficient (Wildman–Crippen LogP) is 3.56. The molecule has 0 spiro atoms. The van der Waals surface area contributed by atoms with Crippen molar-refractivity contribution >= 4 is 17.6 Å². The highest BCUT2D eigenvalue weighted by Gasteiger charge is 2.15. The minimum absolute atomic E-state index is 0.128. The number of hydrogen-bond donors (Lipinski definition) is 0. The van der Waals surface area contributed by atoms with Gasteiger partial charge in [-0.2, -0.15) is 4.68 Å². The topological polar surface area (TPSA) is 100 Å². The predicted molar refractivity (Wildman–Crippen MR) is 103 cm³/mol. The Kier molecular flexibility index (Phi) is 5.26. The van der Waals surface area contributed by atoms with Crippen molar-refractivity contribution in [3.05, 3.63) is 82.3 Å². The number of ether oxygens (including phenoxy) is 1. The van der Waals surface area contributed by atoms with E-state index < -0.39 is 11.7 Å². The van der Waals surface area contributed by atoms with E-state index in [9.17, 15) is 9.59 Å². The fraction of sp³-hybridized carbons (Fsp3) is 0.100. The summed E-state index contributed by atoms with van der Waals surface area (Å²) in [6.07, 6.45) is 1.53. The van der Waals surface area contributed by atoms with Gasteiger partial charge in [-0.15, -0.1) is 5.10 Å². The van der Waals surface area contributed by atoms with Crippen LogP contribution in [0.4, 0.5) is 0 Å². The molecule has 2 aromatic heterocycles. The average molecular weight is 412 g/mol. The molecule has 0 aliphatic carbocycles. The lowest BCUT2D eigenvalue weighted by molar-refractivity contribution is -0.146. The molecule has 0 N–H and O–H groups in total. The number of halogens is 1. The molecule has 29 heavy (non-hydrogen) atoms. The number of rotatable bonds is 6. The lowest BCUT2D eigenvalue weighted by Crippen LogP contribution is -2.23. The van der Waals surface area contributed by atoms with E-state index >= 15 is 0 Å². The molecule has 0 amide bonds. The Bertz CT molecular complexity index is 1180. The molecule has 4 aromatic rings. The average Bonchev–Trinajstić information content (AvgIpc) is 3.35. The number of nitrogens with zero attached hydrogens (tertiary/aromatic N) is 3. The molecule has 0 aliphatic heterocycles. The van der Waals surface area contributed by atoms with E-state index in [0.717, 1.165) is 10.2 Å². The van der Waals surface area contributed by atoms with Crippen LogP contribution in [-0.2, 0) is 22.7 Å². The molecule has 0 radical (unpaired) electrons. The summed E-state index contributed by atoms with van der Waals surface area (Å²) in [6, 6.07) is 16.0. The Morgan fingerprint density at radius 2 is 1.79 bits per heavy atom. The van der Waals surface area contributed by atoms with E-state index in [1.54, 1.807) is 48.5 Å². The van der Waals surface area contributed by atoms with E-state index in [4.69, 9.17) is 25.2 Å². The van der Waals surface area contributed by atoms with Crippen LogP contribution in [0.25, 0.3) is 22.8 Å². The zero-order chi connectivity index (χ0) is 20.2. The molecule has 4 rings (SSSR count). The molecular weight excluding hydrogens is 398 g/mol. The van der Waals surface area contributed by atoms with Crippen molar-refractivity contribution in [2.24, 2.45) is 0 Å². The Morgan fingerprint density at radius 1 is 1.03 bits per heavy atom. The Labute approximate surface area is 169 Å². The number of hydrogen-bond acceptors (Lipinski definition) is 7. The SMILES string of the molecule is O=C(Cn1nc(-c2ccccc2)oc1=O)OCc1ncc(-c2ccc(Cl)cc2)o1. The summed E-state index contributed by atoms with van der Waals surface area (Å²) in [7, 11) is 0. The van der Waals surface area contributed by atoms with E-state index in [1.165, 1.54) is 6.20 Å². The lowest BCUT2D eigenvalue weighted by atomic mass is 10.2. The summed E-state index contributed by atoms with van der Waals surface area (Å²) in [5.41, 5.74) is 1.42. The maximum atomic E-state index is 12.1. The third kappa shape index (κ3) is 4.44. The first kappa shape index (κ1) is 18.7. The van der Waals surface area contributed by atoms with Crippen molar-refractivity contribution in [1.82, 2.24) is 14.8 Å². The molecule has 0 saturated carbocycles. The molecule has 8 nitrogen and oxygen atoms in total. The van der Waals surface area contributed by atoms with E-state index in [1.807, 2.05) is 6.07 Å². The largest absolute Gasteiger partial charge is 0.454 e. The second kappa shape index (κ2) is 8.15. The van der Waals surface area contributed by atoms with Crippen LogP contribution >= 0.6 is 11.6 Å². The van der Waals surface area contributed by atoms with Crippen LogP contribution in [0.2, 0.25) is 5.02 Å². The Morgan fingerprint density at radius 3 is 2.55 bits per heavy atom. The molecule has 0 fully saturated rings. The maximum Gasteiger partial charge on any atom is 0.437 e. The van der Waals surface area contributed by atoms with Gasteiger partial charge in [0.15, 0.2) is 12.4 Å². The molecule has 146 valence electrons. The summed E-state index contributed by atoms with van der Waals surface area (Å²) in [5.74, 6) is -0.550. The molecule has 0 atom stereocenters. The van der Waals surface area contributed by atoms with E-state index in [-0.39, 0.29) is 24.9 Å². The van der Waals surface area contributed by atoms with Gasteiger partial charge in [0.1, 0.15) is 6.54 Å². The highest BCUT2D eigenvalue weighted by molar-refractivity contribution is 6.30. The van der Waals surface area contributed by atoms with Crippen LogP contribution in [-0.4, -0.2) is 20.7 Å². The fourth-order valence-electron chi connectivity index (χ4n) is 2.54. The summed E-state index contributed by atoms with van der Waals surface area (Å²) >= 11 is 5.86. The van der Waals surface area contributed by atoms with Gasteiger partial charge < -0.3 is 13.6 Å². The Balaban J connectivity index is 1.37. The second-order valence-corrected chi connectivity index (χ2v) is 6.42. The van der Waals surface area contributed by atoms with Crippen molar-refractivity contribution < 1.29 is 18.4 Å². The third-order valence-corrected chi connectivity index (χ3v) is 4.20. The van der Waals surface area contributed by atoms with Crippen LogP contribution in [0.3, 0.4) is 0 Å². The molecule has 9 heteroatoms. The summed E-state index contributed by atoms with van der Waals surface area (Å²) < 4.78 is 16.6. The van der Waals surface area contributed by atoms with Crippen LogP contribution in [0.1, 0.15) is 5.89 Å². The maximum absolute atomic E-state index is 12.1. The number of carbonyl (C=O) groups excluding carboxylic acids is 1. The van der Waals surface area contributed by atoms with Crippen molar-refractivity contribution in [2.45, 2.75) is 13.2 Å². The third-order valence-electron chi connectivity index (χ3n) is 3.94.